The van der Waals surface area contributed by atoms with Crippen molar-refractivity contribution in [3.05, 3.63) is 58.6 Å². The van der Waals surface area contributed by atoms with Gasteiger partial charge in [-0.1, -0.05) is 38.2 Å². The minimum atomic E-state index is -1.00. The molecule has 1 heterocycles. The number of Topliss-reactive ketones (excluding diaryl/α,β-unsaturated/α-hetero) is 1. The number of hydrogen-bond acceptors (Lipinski definition) is 9. The molecule has 0 radical (unpaired) electrons. The third-order valence-electron chi connectivity index (χ3n) is 6.95. The molecule has 40 heavy (non-hydrogen) atoms. The molecule has 0 aromatic rings. The lowest BCUT2D eigenvalue weighted by Crippen LogP contribution is -2.37. The fourth-order valence-corrected chi connectivity index (χ4v) is 4.78. The van der Waals surface area contributed by atoms with Crippen LogP contribution in [0.25, 0.3) is 0 Å². The number of ketones is 2. The number of allylic oxidation sites excluding steroid dienone is 4. The van der Waals surface area contributed by atoms with Gasteiger partial charge in [-0.3, -0.25) is 14.4 Å². The zero-order valence-corrected chi connectivity index (χ0v) is 24.1. The van der Waals surface area contributed by atoms with E-state index in [2.05, 4.69) is 5.32 Å². The number of nitrogens with two attached hydrogens (primary N) is 1. The third kappa shape index (κ3) is 8.23. The number of nitrogens with one attached hydrogen (secondary N) is 1. The Morgan fingerprint density at radius 2 is 1.77 bits per heavy atom. The van der Waals surface area contributed by atoms with E-state index in [9.17, 15) is 24.3 Å². The first-order chi connectivity index (χ1) is 18.8. The van der Waals surface area contributed by atoms with Crippen LogP contribution < -0.4 is 11.1 Å². The van der Waals surface area contributed by atoms with Crippen LogP contribution in [-0.4, -0.2) is 74.4 Å². The number of aliphatic hydroxyl groups excluding tert-OH is 1. The van der Waals surface area contributed by atoms with Crippen LogP contribution in [0, 0.1) is 11.8 Å². The van der Waals surface area contributed by atoms with Crippen molar-refractivity contribution in [3.63, 3.8) is 0 Å². The van der Waals surface area contributed by atoms with Crippen LogP contribution in [0.4, 0.5) is 4.79 Å². The molecule has 1 aliphatic heterocycles. The predicted molar refractivity (Wildman–Crippen MR) is 147 cm³/mol. The van der Waals surface area contributed by atoms with Crippen molar-refractivity contribution in [1.82, 2.24) is 5.32 Å². The summed E-state index contributed by atoms with van der Waals surface area (Å²) in [4.78, 5) is 50.6. The van der Waals surface area contributed by atoms with Crippen LogP contribution >= 0.6 is 0 Å². The Hall–Kier alpha value is -3.54. The van der Waals surface area contributed by atoms with Gasteiger partial charge in [0.05, 0.1) is 25.0 Å². The molecule has 0 saturated heterocycles. The SMILES string of the molecule is COC1=C2C[C@@H](C)C[C@H](OC)[C@H](O)[C@@H](C)/C=C(\C)[C@H](OC(N)=O)[C@@H](OC)C=C/C=C(\C)C(=O)NC(=CC1=O)C2=O. The Morgan fingerprint density at radius 3 is 2.35 bits per heavy atom. The Kier molecular flexibility index (Phi) is 12.0. The van der Waals surface area contributed by atoms with Gasteiger partial charge in [-0.15, -0.1) is 0 Å². The Labute approximate surface area is 234 Å². The van der Waals surface area contributed by atoms with Gasteiger partial charge in [-0.05, 0) is 38.2 Å². The largest absolute Gasteiger partial charge is 0.492 e. The number of carbonyl (C=O) groups is 4. The van der Waals surface area contributed by atoms with E-state index in [1.54, 1.807) is 32.1 Å². The minimum absolute atomic E-state index is 0.0801. The molecule has 220 valence electrons. The van der Waals surface area contributed by atoms with E-state index < -0.39 is 53.9 Å². The highest BCUT2D eigenvalue weighted by atomic mass is 16.6. The highest BCUT2D eigenvalue weighted by Gasteiger charge is 2.34. The van der Waals surface area contributed by atoms with E-state index >= 15 is 0 Å². The van der Waals surface area contributed by atoms with Crippen molar-refractivity contribution < 1.29 is 43.2 Å². The molecule has 6 atom stereocenters. The first-order valence-corrected chi connectivity index (χ1v) is 13.0. The molecule has 2 aliphatic rings. The van der Waals surface area contributed by atoms with Crippen LogP contribution in [0.5, 0.6) is 0 Å². The summed E-state index contributed by atoms with van der Waals surface area (Å²) >= 11 is 0. The second-order valence-electron chi connectivity index (χ2n) is 10.1. The molecule has 0 saturated carbocycles. The maximum absolute atomic E-state index is 13.3. The highest BCUT2D eigenvalue weighted by Crippen LogP contribution is 2.29. The summed E-state index contributed by atoms with van der Waals surface area (Å²) in [5.41, 5.74) is 6.12. The summed E-state index contributed by atoms with van der Waals surface area (Å²) in [6.45, 7) is 6.92. The first-order valence-electron chi connectivity index (χ1n) is 13.0. The number of fused-ring (bicyclic) bond motifs is 2. The van der Waals surface area contributed by atoms with Gasteiger partial charge < -0.3 is 35.1 Å². The first kappa shape index (κ1) is 32.7. The molecule has 4 N–H and O–H groups in total. The molecule has 0 aromatic carbocycles. The fourth-order valence-electron chi connectivity index (χ4n) is 4.78. The number of hydrogen-bond donors (Lipinski definition) is 3. The Balaban J connectivity index is 2.60. The molecule has 2 bridgehead atoms. The van der Waals surface area contributed by atoms with Gasteiger partial charge in [0.2, 0.25) is 11.6 Å². The lowest BCUT2D eigenvalue weighted by Gasteiger charge is -2.29. The van der Waals surface area contributed by atoms with Gasteiger partial charge in [0.15, 0.2) is 11.9 Å². The van der Waals surface area contributed by atoms with Crippen molar-refractivity contribution in [1.29, 1.82) is 0 Å². The quantitative estimate of drug-likeness (QED) is 0.346. The summed E-state index contributed by atoms with van der Waals surface area (Å²) in [7, 11) is 4.21. The lowest BCUT2D eigenvalue weighted by molar-refractivity contribution is -0.120. The van der Waals surface area contributed by atoms with Gasteiger partial charge in [-0.2, -0.15) is 0 Å². The Bertz CT molecular complexity index is 1150. The molecule has 0 fully saturated rings. The molecule has 2 rings (SSSR count). The standard InChI is InChI=1S/C29H40N2O9/c1-15-11-19-25(34)20(14-21(32)27(19)39-7)31-28(35)16(2)9-8-10-22(37-5)26(40-29(30)36)18(4)13-17(3)24(33)23(12-15)38-6/h8-10,13-15,17,22-24,26,33H,11-12H2,1-7H3,(H2,30,36)(H,31,35)/b10-8?,16-9+,18-13+/t15-,17+,22+,23+,24-,26+/m1/s1. The number of primary amides is 1. The van der Waals surface area contributed by atoms with Crippen molar-refractivity contribution >= 4 is 23.6 Å². The van der Waals surface area contributed by atoms with Crippen LogP contribution in [0.15, 0.2) is 58.6 Å². The summed E-state index contributed by atoms with van der Waals surface area (Å²) in [6.07, 6.45) is 3.61. The van der Waals surface area contributed by atoms with E-state index in [0.29, 0.717) is 12.0 Å². The number of rotatable bonds is 4. The summed E-state index contributed by atoms with van der Waals surface area (Å²) in [5.74, 6) is -2.39. The number of carbonyl (C=O) groups excluding carboxylic acids is 4. The van der Waals surface area contributed by atoms with Crippen LogP contribution in [0.1, 0.15) is 40.5 Å². The zero-order chi connectivity index (χ0) is 30.1. The summed E-state index contributed by atoms with van der Waals surface area (Å²) in [6, 6.07) is 0. The second-order valence-corrected chi connectivity index (χ2v) is 10.1. The second kappa shape index (κ2) is 14.7. The molecule has 0 aromatic heterocycles. The van der Waals surface area contributed by atoms with Crippen molar-refractivity contribution in [2.45, 2.75) is 65.0 Å². The van der Waals surface area contributed by atoms with Gasteiger partial charge in [0.25, 0.3) is 5.91 Å². The third-order valence-corrected chi connectivity index (χ3v) is 6.95. The Morgan fingerprint density at radius 1 is 1.10 bits per heavy atom. The molecule has 1 aliphatic carbocycles. The number of amides is 2. The minimum Gasteiger partial charge on any atom is -0.492 e. The van der Waals surface area contributed by atoms with Crippen molar-refractivity contribution in [2.75, 3.05) is 21.3 Å². The fraction of sp³-hybridized carbons (Fsp3) is 0.517. The lowest BCUT2D eigenvalue weighted by atomic mass is 9.85. The molecule has 11 heteroatoms. The van der Waals surface area contributed by atoms with Crippen molar-refractivity contribution in [3.8, 4) is 0 Å². The number of methoxy groups -OCH3 is 3. The topological polar surface area (TPSA) is 163 Å². The molecule has 0 spiro atoms. The maximum atomic E-state index is 13.3. The monoisotopic (exact) mass is 560 g/mol. The van der Waals surface area contributed by atoms with Crippen LogP contribution in [0.3, 0.4) is 0 Å². The number of ether oxygens (including phenoxy) is 4. The van der Waals surface area contributed by atoms with E-state index in [1.807, 2.05) is 6.92 Å². The molecule has 0 unspecified atom stereocenters. The van der Waals surface area contributed by atoms with Crippen molar-refractivity contribution in [2.24, 2.45) is 17.6 Å². The average molecular weight is 561 g/mol. The normalized spacial score (nSPS) is 31.9. The van der Waals surface area contributed by atoms with Gasteiger partial charge >= 0.3 is 6.09 Å². The molecular weight excluding hydrogens is 520 g/mol. The molecule has 2 amide bonds. The van der Waals surface area contributed by atoms with E-state index in [1.165, 1.54) is 34.3 Å². The van der Waals surface area contributed by atoms with E-state index in [-0.39, 0.29) is 34.9 Å². The van der Waals surface area contributed by atoms with Gasteiger partial charge in [0.1, 0.15) is 6.10 Å². The smallest absolute Gasteiger partial charge is 0.405 e. The maximum Gasteiger partial charge on any atom is 0.405 e. The number of aliphatic hydroxyl groups is 1. The predicted octanol–water partition coefficient (Wildman–Crippen LogP) is 2.41. The van der Waals surface area contributed by atoms with E-state index in [0.717, 1.165) is 6.08 Å². The van der Waals surface area contributed by atoms with Crippen LogP contribution in [-0.2, 0) is 33.3 Å². The van der Waals surface area contributed by atoms with Gasteiger partial charge in [-0.25, -0.2) is 4.79 Å². The highest BCUT2D eigenvalue weighted by molar-refractivity contribution is 6.23. The van der Waals surface area contributed by atoms with Gasteiger partial charge in [0, 0.05) is 37.4 Å². The molecular formula is C29H40N2O9. The summed E-state index contributed by atoms with van der Waals surface area (Å²) < 4.78 is 21.7. The van der Waals surface area contributed by atoms with Crippen LogP contribution in [0.2, 0.25) is 0 Å². The summed E-state index contributed by atoms with van der Waals surface area (Å²) in [5, 5.41) is 13.7. The zero-order valence-electron chi connectivity index (χ0n) is 24.1. The van der Waals surface area contributed by atoms with E-state index in [4.69, 9.17) is 24.7 Å². The average Bonchev–Trinajstić information content (AvgIpc) is 2.90. The molecule has 11 nitrogen and oxygen atoms in total.